The summed E-state index contributed by atoms with van der Waals surface area (Å²) in [5, 5.41) is 0. The molecule has 20 heavy (non-hydrogen) atoms. The highest BCUT2D eigenvalue weighted by Gasteiger charge is 2.45. The number of nitrogens with two attached hydrogens (primary N) is 1. The highest BCUT2D eigenvalue weighted by molar-refractivity contribution is 5.27. The first-order valence-corrected chi connectivity index (χ1v) is 7.37. The van der Waals surface area contributed by atoms with Crippen LogP contribution in [0.15, 0.2) is 42.7 Å². The Morgan fingerprint density at radius 3 is 2.90 bits per heavy atom. The van der Waals surface area contributed by atoms with Crippen LogP contribution in [-0.4, -0.2) is 9.55 Å². The summed E-state index contributed by atoms with van der Waals surface area (Å²) in [5.41, 5.74) is 4.39. The summed E-state index contributed by atoms with van der Waals surface area (Å²) in [6.07, 6.45) is 6.20. The first kappa shape index (κ1) is 13.3. The SMILES string of the molecule is CCCn1ccnc1C(NN)C1CC1c1ccccc1. The van der Waals surface area contributed by atoms with Gasteiger partial charge in [-0.15, -0.1) is 0 Å². The number of aromatic nitrogens is 2. The molecule has 2 aromatic rings. The van der Waals surface area contributed by atoms with E-state index < -0.39 is 0 Å². The molecule has 0 aliphatic heterocycles. The van der Waals surface area contributed by atoms with Crippen molar-refractivity contribution in [1.29, 1.82) is 0 Å². The number of aryl methyl sites for hydroxylation is 1. The Bertz CT molecular complexity index is 549. The average Bonchev–Trinajstić information content (AvgIpc) is 3.14. The van der Waals surface area contributed by atoms with Crippen LogP contribution in [-0.2, 0) is 6.54 Å². The van der Waals surface area contributed by atoms with E-state index in [9.17, 15) is 0 Å². The van der Waals surface area contributed by atoms with Crippen molar-refractivity contribution in [3.63, 3.8) is 0 Å². The minimum absolute atomic E-state index is 0.141. The van der Waals surface area contributed by atoms with Gasteiger partial charge in [-0.1, -0.05) is 37.3 Å². The molecule has 0 bridgehead atoms. The lowest BCUT2D eigenvalue weighted by Crippen LogP contribution is -2.32. The number of hydrazine groups is 1. The second kappa shape index (κ2) is 5.77. The Labute approximate surface area is 120 Å². The van der Waals surface area contributed by atoms with E-state index in [1.807, 2.05) is 12.4 Å². The third-order valence-corrected chi connectivity index (χ3v) is 4.17. The van der Waals surface area contributed by atoms with Crippen LogP contribution in [0.5, 0.6) is 0 Å². The Hall–Kier alpha value is -1.65. The predicted molar refractivity (Wildman–Crippen MR) is 79.9 cm³/mol. The quantitative estimate of drug-likeness (QED) is 0.626. The molecular weight excluding hydrogens is 248 g/mol. The highest BCUT2D eigenvalue weighted by atomic mass is 15.3. The van der Waals surface area contributed by atoms with Gasteiger partial charge in [0.2, 0.25) is 0 Å². The summed E-state index contributed by atoms with van der Waals surface area (Å²) in [7, 11) is 0. The standard InChI is InChI=1S/C16H22N4/c1-2-9-20-10-8-18-16(20)15(19-17)14-11-13(14)12-6-4-3-5-7-12/h3-8,10,13-15,19H,2,9,11,17H2,1H3. The van der Waals surface area contributed by atoms with E-state index in [4.69, 9.17) is 5.84 Å². The third kappa shape index (κ3) is 2.49. The highest BCUT2D eigenvalue weighted by Crippen LogP contribution is 2.53. The molecular formula is C16H22N4. The molecule has 1 saturated carbocycles. The van der Waals surface area contributed by atoms with Crippen LogP contribution in [0.3, 0.4) is 0 Å². The van der Waals surface area contributed by atoms with Crippen molar-refractivity contribution in [3.8, 4) is 0 Å². The van der Waals surface area contributed by atoms with E-state index in [2.05, 4.69) is 52.2 Å². The second-order valence-corrected chi connectivity index (χ2v) is 5.54. The van der Waals surface area contributed by atoms with Crippen molar-refractivity contribution in [2.45, 2.75) is 38.3 Å². The van der Waals surface area contributed by atoms with Gasteiger partial charge in [-0.25, -0.2) is 10.4 Å². The topological polar surface area (TPSA) is 55.9 Å². The molecule has 0 saturated heterocycles. The molecule has 4 heteroatoms. The molecule has 1 aromatic heterocycles. The maximum Gasteiger partial charge on any atom is 0.127 e. The van der Waals surface area contributed by atoms with Gasteiger partial charge < -0.3 is 4.57 Å². The molecule has 3 N–H and O–H groups in total. The van der Waals surface area contributed by atoms with E-state index in [-0.39, 0.29) is 6.04 Å². The summed E-state index contributed by atoms with van der Waals surface area (Å²) in [6.45, 7) is 3.18. The van der Waals surface area contributed by atoms with Crippen molar-refractivity contribution in [3.05, 3.63) is 54.1 Å². The molecule has 0 radical (unpaired) electrons. The van der Waals surface area contributed by atoms with E-state index in [1.54, 1.807) is 0 Å². The van der Waals surface area contributed by atoms with E-state index in [0.717, 1.165) is 18.8 Å². The smallest absolute Gasteiger partial charge is 0.127 e. The summed E-state index contributed by atoms with van der Waals surface area (Å²) >= 11 is 0. The molecule has 1 aliphatic rings. The Morgan fingerprint density at radius 1 is 1.40 bits per heavy atom. The van der Waals surface area contributed by atoms with Crippen LogP contribution in [0.25, 0.3) is 0 Å². The number of imidazole rings is 1. The predicted octanol–water partition coefficient (Wildman–Crippen LogP) is 2.60. The fourth-order valence-corrected chi connectivity index (χ4v) is 3.09. The maximum absolute atomic E-state index is 5.81. The summed E-state index contributed by atoms with van der Waals surface area (Å²) in [6, 6.07) is 10.8. The van der Waals surface area contributed by atoms with Crippen molar-refractivity contribution in [2.24, 2.45) is 11.8 Å². The normalized spacial score (nSPS) is 22.7. The monoisotopic (exact) mass is 270 g/mol. The minimum atomic E-state index is 0.141. The number of nitrogens with one attached hydrogen (secondary N) is 1. The van der Waals surface area contributed by atoms with Gasteiger partial charge in [0, 0.05) is 18.9 Å². The lowest BCUT2D eigenvalue weighted by atomic mass is 10.1. The van der Waals surface area contributed by atoms with Gasteiger partial charge in [-0.2, -0.15) is 0 Å². The first-order valence-electron chi connectivity index (χ1n) is 7.37. The molecule has 0 spiro atoms. The number of rotatable bonds is 6. The van der Waals surface area contributed by atoms with Crippen LogP contribution in [0.2, 0.25) is 0 Å². The molecule has 1 heterocycles. The molecule has 3 unspecified atom stereocenters. The van der Waals surface area contributed by atoms with Gasteiger partial charge >= 0.3 is 0 Å². The molecule has 1 fully saturated rings. The summed E-state index contributed by atoms with van der Waals surface area (Å²) in [4.78, 5) is 4.52. The third-order valence-electron chi connectivity index (χ3n) is 4.17. The van der Waals surface area contributed by atoms with Crippen LogP contribution in [0, 0.1) is 5.92 Å². The lowest BCUT2D eigenvalue weighted by Gasteiger charge is -2.17. The Balaban J connectivity index is 1.77. The van der Waals surface area contributed by atoms with E-state index >= 15 is 0 Å². The maximum atomic E-state index is 5.81. The zero-order valence-corrected chi connectivity index (χ0v) is 11.9. The molecule has 3 rings (SSSR count). The average molecular weight is 270 g/mol. The zero-order chi connectivity index (χ0) is 13.9. The first-order chi connectivity index (χ1) is 9.85. The molecule has 3 atom stereocenters. The van der Waals surface area contributed by atoms with Crippen LogP contribution in [0.4, 0.5) is 0 Å². The number of benzene rings is 1. The molecule has 106 valence electrons. The fourth-order valence-electron chi connectivity index (χ4n) is 3.09. The zero-order valence-electron chi connectivity index (χ0n) is 11.9. The molecule has 1 aliphatic carbocycles. The van der Waals surface area contributed by atoms with Crippen LogP contribution in [0.1, 0.15) is 43.1 Å². The molecule has 4 nitrogen and oxygen atoms in total. The number of hydrogen-bond acceptors (Lipinski definition) is 3. The van der Waals surface area contributed by atoms with Crippen molar-refractivity contribution < 1.29 is 0 Å². The van der Waals surface area contributed by atoms with Gasteiger partial charge in [0.1, 0.15) is 5.82 Å². The fraction of sp³-hybridized carbons (Fsp3) is 0.438. The number of nitrogens with zero attached hydrogens (tertiary/aromatic N) is 2. The largest absolute Gasteiger partial charge is 0.334 e. The van der Waals surface area contributed by atoms with Gasteiger partial charge in [-0.05, 0) is 30.2 Å². The van der Waals surface area contributed by atoms with Crippen molar-refractivity contribution in [2.75, 3.05) is 0 Å². The van der Waals surface area contributed by atoms with E-state index in [0.29, 0.717) is 11.8 Å². The Kier molecular flexibility index (Phi) is 3.85. The summed E-state index contributed by atoms with van der Waals surface area (Å²) in [5.74, 6) is 8.02. The van der Waals surface area contributed by atoms with Gasteiger partial charge in [0.25, 0.3) is 0 Å². The Morgan fingerprint density at radius 2 is 2.20 bits per heavy atom. The van der Waals surface area contributed by atoms with Gasteiger partial charge in [0.05, 0.1) is 6.04 Å². The molecule has 1 aromatic carbocycles. The lowest BCUT2D eigenvalue weighted by molar-refractivity contribution is 0.439. The van der Waals surface area contributed by atoms with Crippen LogP contribution >= 0.6 is 0 Å². The van der Waals surface area contributed by atoms with Gasteiger partial charge in [0.15, 0.2) is 0 Å². The minimum Gasteiger partial charge on any atom is -0.334 e. The van der Waals surface area contributed by atoms with Crippen molar-refractivity contribution in [1.82, 2.24) is 15.0 Å². The van der Waals surface area contributed by atoms with Crippen LogP contribution < -0.4 is 11.3 Å². The number of hydrogen-bond donors (Lipinski definition) is 2. The summed E-state index contributed by atoms with van der Waals surface area (Å²) < 4.78 is 2.21. The molecule has 0 amide bonds. The second-order valence-electron chi connectivity index (χ2n) is 5.54. The van der Waals surface area contributed by atoms with Gasteiger partial charge in [-0.3, -0.25) is 5.84 Å². The van der Waals surface area contributed by atoms with E-state index in [1.165, 1.54) is 12.0 Å². The van der Waals surface area contributed by atoms with Crippen molar-refractivity contribution >= 4 is 0 Å².